The first-order valence-corrected chi connectivity index (χ1v) is 9.59. The molecule has 20 heavy (non-hydrogen) atoms. The summed E-state index contributed by atoms with van der Waals surface area (Å²) in [6, 6.07) is 0.191. The number of carbonyl (C=O) groups excluding carboxylic acids is 2. The van der Waals surface area contributed by atoms with E-state index in [4.69, 9.17) is 0 Å². The smallest absolute Gasteiger partial charge is 0.233 e. The molecule has 6 atom stereocenters. The number of hydrogen-bond donors (Lipinski definition) is 0. The van der Waals surface area contributed by atoms with Crippen LogP contribution in [0.3, 0.4) is 0 Å². The molecule has 0 aromatic carbocycles. The molecule has 1 heterocycles. The van der Waals surface area contributed by atoms with Crippen LogP contribution >= 0.6 is 31.9 Å². The number of amides is 2. The summed E-state index contributed by atoms with van der Waals surface area (Å²) in [5.74, 6) is 0.908. The zero-order valence-electron chi connectivity index (χ0n) is 11.3. The lowest BCUT2D eigenvalue weighted by molar-refractivity contribution is -0.144. The van der Waals surface area contributed by atoms with Gasteiger partial charge in [0.05, 0.1) is 11.8 Å². The van der Waals surface area contributed by atoms with Crippen molar-refractivity contribution >= 4 is 43.7 Å². The van der Waals surface area contributed by atoms with Crippen LogP contribution in [0.15, 0.2) is 0 Å². The van der Waals surface area contributed by atoms with Crippen LogP contribution in [0.4, 0.5) is 0 Å². The van der Waals surface area contributed by atoms with E-state index in [1.807, 2.05) is 0 Å². The van der Waals surface area contributed by atoms with Crippen LogP contribution in [0.1, 0.15) is 38.5 Å². The van der Waals surface area contributed by atoms with Gasteiger partial charge in [0.15, 0.2) is 0 Å². The second-order valence-corrected chi connectivity index (χ2v) is 8.96. The average Bonchev–Trinajstić information content (AvgIpc) is 3.05. The van der Waals surface area contributed by atoms with E-state index in [9.17, 15) is 9.59 Å². The summed E-state index contributed by atoms with van der Waals surface area (Å²) in [6.07, 6.45) is 6.62. The number of fused-ring (bicyclic) bond motifs is 5. The number of carbonyl (C=O) groups is 2. The number of rotatable bonds is 1. The summed E-state index contributed by atoms with van der Waals surface area (Å²) in [4.78, 5) is 28.0. The fourth-order valence-corrected chi connectivity index (χ4v) is 6.94. The minimum absolute atomic E-state index is 0.0346. The molecule has 5 heteroatoms. The molecule has 3 nitrogen and oxygen atoms in total. The van der Waals surface area contributed by atoms with Crippen molar-refractivity contribution in [3.05, 3.63) is 0 Å². The van der Waals surface area contributed by atoms with Crippen LogP contribution in [-0.4, -0.2) is 32.4 Å². The molecule has 0 aromatic rings. The maximum Gasteiger partial charge on any atom is 0.233 e. The third kappa shape index (κ3) is 1.68. The lowest BCUT2D eigenvalue weighted by atomic mass is 9.81. The van der Waals surface area contributed by atoms with Gasteiger partial charge in [0.25, 0.3) is 0 Å². The zero-order chi connectivity index (χ0) is 14.0. The monoisotopic (exact) mass is 403 g/mol. The molecule has 0 unspecified atom stereocenters. The molecule has 1 saturated heterocycles. The summed E-state index contributed by atoms with van der Waals surface area (Å²) < 4.78 is 0. The van der Waals surface area contributed by atoms with Gasteiger partial charge in [-0.05, 0) is 31.1 Å². The second-order valence-electron chi connectivity index (χ2n) is 6.84. The lowest BCUT2D eigenvalue weighted by Crippen LogP contribution is -2.42. The molecule has 0 radical (unpaired) electrons. The normalized spacial score (nSPS) is 48.2. The molecular weight excluding hydrogens is 386 g/mol. The fourth-order valence-electron chi connectivity index (χ4n) is 5.07. The van der Waals surface area contributed by atoms with Crippen molar-refractivity contribution in [3.8, 4) is 0 Å². The molecular formula is C15H19Br2NO2. The van der Waals surface area contributed by atoms with Crippen LogP contribution in [0, 0.1) is 23.7 Å². The SMILES string of the molecule is O=C1[C@@H]2[C@H]3C[C@H]([C@H](Br)[C@@H]3Br)[C@@H]2C(=O)N1C1CCCCC1. The van der Waals surface area contributed by atoms with E-state index < -0.39 is 0 Å². The van der Waals surface area contributed by atoms with E-state index in [0.29, 0.717) is 21.5 Å². The van der Waals surface area contributed by atoms with E-state index in [2.05, 4.69) is 31.9 Å². The molecule has 1 aliphatic heterocycles. The van der Waals surface area contributed by atoms with Gasteiger partial charge in [-0.3, -0.25) is 14.5 Å². The molecule has 4 aliphatic rings. The molecule has 3 aliphatic carbocycles. The Hall–Kier alpha value is 0.1000. The van der Waals surface area contributed by atoms with E-state index in [1.54, 1.807) is 4.90 Å². The fraction of sp³-hybridized carbons (Fsp3) is 0.867. The molecule has 2 bridgehead atoms. The second kappa shape index (κ2) is 4.80. The highest BCUT2D eigenvalue weighted by atomic mass is 79.9. The van der Waals surface area contributed by atoms with Gasteiger partial charge in [-0.1, -0.05) is 51.1 Å². The quantitative estimate of drug-likeness (QED) is 0.497. The van der Waals surface area contributed by atoms with Crippen molar-refractivity contribution < 1.29 is 9.59 Å². The maximum absolute atomic E-state index is 12.8. The third-order valence-electron chi connectivity index (χ3n) is 5.96. The average molecular weight is 405 g/mol. The first-order chi connectivity index (χ1) is 9.61. The number of likely N-dealkylation sites (tertiary alicyclic amines) is 1. The van der Waals surface area contributed by atoms with Crippen LogP contribution in [0.2, 0.25) is 0 Å². The van der Waals surface area contributed by atoms with Crippen molar-refractivity contribution in [2.45, 2.75) is 54.2 Å². The largest absolute Gasteiger partial charge is 0.279 e. The van der Waals surface area contributed by atoms with Crippen molar-refractivity contribution in [1.82, 2.24) is 4.90 Å². The number of imide groups is 1. The number of hydrogen-bond acceptors (Lipinski definition) is 2. The number of nitrogens with zero attached hydrogens (tertiary/aromatic N) is 1. The molecule has 0 spiro atoms. The first-order valence-electron chi connectivity index (χ1n) is 7.76. The van der Waals surface area contributed by atoms with E-state index >= 15 is 0 Å². The highest BCUT2D eigenvalue weighted by molar-refractivity contribution is 9.12. The van der Waals surface area contributed by atoms with Gasteiger partial charge in [0.2, 0.25) is 11.8 Å². The molecule has 4 fully saturated rings. The Morgan fingerprint density at radius 1 is 0.850 bits per heavy atom. The minimum atomic E-state index is -0.0346. The van der Waals surface area contributed by atoms with E-state index in [0.717, 1.165) is 32.1 Å². The Kier molecular flexibility index (Phi) is 3.30. The minimum Gasteiger partial charge on any atom is -0.279 e. The Morgan fingerprint density at radius 3 is 1.85 bits per heavy atom. The molecule has 0 aromatic heterocycles. The zero-order valence-corrected chi connectivity index (χ0v) is 14.5. The van der Waals surface area contributed by atoms with Crippen molar-refractivity contribution in [3.63, 3.8) is 0 Å². The van der Waals surface area contributed by atoms with Crippen LogP contribution in [0.5, 0.6) is 0 Å². The number of halogens is 2. The molecule has 4 rings (SSSR count). The van der Waals surface area contributed by atoms with Gasteiger partial charge in [-0.2, -0.15) is 0 Å². The summed E-state index contributed by atoms with van der Waals surface area (Å²) in [5.41, 5.74) is 0. The third-order valence-corrected chi connectivity index (χ3v) is 9.17. The van der Waals surface area contributed by atoms with Gasteiger partial charge in [0, 0.05) is 15.7 Å². The van der Waals surface area contributed by atoms with Crippen molar-refractivity contribution in [2.75, 3.05) is 0 Å². The molecule has 110 valence electrons. The van der Waals surface area contributed by atoms with E-state index in [1.165, 1.54) is 6.42 Å². The Bertz CT molecular complexity index is 431. The highest BCUT2D eigenvalue weighted by Crippen LogP contribution is 2.60. The Labute approximate surface area is 136 Å². The Morgan fingerprint density at radius 2 is 1.35 bits per heavy atom. The van der Waals surface area contributed by atoms with Crippen LogP contribution in [-0.2, 0) is 9.59 Å². The number of alkyl halides is 2. The predicted octanol–water partition coefficient (Wildman–Crippen LogP) is 3.10. The standard InChI is InChI=1S/C15H19Br2NO2/c16-12-8-6-9(13(12)17)11-10(8)14(19)18(15(11)20)7-4-2-1-3-5-7/h7-13H,1-6H2/t8-,9+,10-,11+,12-,13+. The molecule has 0 N–H and O–H groups in total. The van der Waals surface area contributed by atoms with Gasteiger partial charge in [-0.25, -0.2) is 0 Å². The van der Waals surface area contributed by atoms with Gasteiger partial charge < -0.3 is 0 Å². The maximum atomic E-state index is 12.8. The highest BCUT2D eigenvalue weighted by Gasteiger charge is 2.66. The summed E-state index contributed by atoms with van der Waals surface area (Å²) in [6.45, 7) is 0. The van der Waals surface area contributed by atoms with Gasteiger partial charge in [0.1, 0.15) is 0 Å². The predicted molar refractivity (Wildman–Crippen MR) is 82.7 cm³/mol. The summed E-state index contributed by atoms with van der Waals surface area (Å²) in [7, 11) is 0. The van der Waals surface area contributed by atoms with Crippen LogP contribution in [0.25, 0.3) is 0 Å². The summed E-state index contributed by atoms with van der Waals surface area (Å²) in [5, 5.41) is 0. The Balaban J connectivity index is 1.63. The van der Waals surface area contributed by atoms with Gasteiger partial charge in [-0.15, -0.1) is 0 Å². The molecule has 3 saturated carbocycles. The van der Waals surface area contributed by atoms with E-state index in [-0.39, 0.29) is 29.7 Å². The van der Waals surface area contributed by atoms with Crippen molar-refractivity contribution in [1.29, 1.82) is 0 Å². The topological polar surface area (TPSA) is 37.4 Å². The lowest BCUT2D eigenvalue weighted by Gasteiger charge is -2.30. The molecule has 2 amide bonds. The van der Waals surface area contributed by atoms with Crippen LogP contribution < -0.4 is 0 Å². The summed E-state index contributed by atoms with van der Waals surface area (Å²) >= 11 is 7.46. The van der Waals surface area contributed by atoms with Gasteiger partial charge >= 0.3 is 0 Å². The van der Waals surface area contributed by atoms with Crippen molar-refractivity contribution in [2.24, 2.45) is 23.7 Å². The first kappa shape index (κ1) is 13.7.